The maximum atomic E-state index is 11.9. The Kier molecular flexibility index (Phi) is 5.59. The van der Waals surface area contributed by atoms with E-state index in [1.807, 2.05) is 20.8 Å². The summed E-state index contributed by atoms with van der Waals surface area (Å²) >= 11 is 0. The average Bonchev–Trinajstić information content (AvgIpc) is 2.69. The minimum absolute atomic E-state index is 0.0255. The van der Waals surface area contributed by atoms with Gasteiger partial charge in [-0.2, -0.15) is 0 Å². The molecule has 104 valence electrons. The molecule has 18 heavy (non-hydrogen) atoms. The molecule has 1 amide bonds. The van der Waals surface area contributed by atoms with Crippen LogP contribution in [0.4, 0.5) is 0 Å². The molecular formula is C13H24N2O3. The van der Waals surface area contributed by atoms with Gasteiger partial charge in [0.25, 0.3) is 0 Å². The lowest BCUT2D eigenvalue weighted by molar-refractivity contribution is -0.142. The smallest absolute Gasteiger partial charge is 0.308 e. The minimum Gasteiger partial charge on any atom is -0.481 e. The van der Waals surface area contributed by atoms with Gasteiger partial charge < -0.3 is 15.7 Å². The summed E-state index contributed by atoms with van der Waals surface area (Å²) < 4.78 is 0. The van der Waals surface area contributed by atoms with Crippen LogP contribution >= 0.6 is 0 Å². The van der Waals surface area contributed by atoms with Crippen LogP contribution in [0.25, 0.3) is 0 Å². The Hall–Kier alpha value is -1.10. The molecule has 1 heterocycles. The Morgan fingerprint density at radius 1 is 1.39 bits per heavy atom. The molecule has 0 aromatic carbocycles. The summed E-state index contributed by atoms with van der Waals surface area (Å²) in [5.41, 5.74) is 0. The van der Waals surface area contributed by atoms with Gasteiger partial charge in [0.05, 0.1) is 11.8 Å². The lowest BCUT2D eigenvalue weighted by Crippen LogP contribution is -2.39. The summed E-state index contributed by atoms with van der Waals surface area (Å²) in [5, 5.41) is 15.0. The number of hydrogen-bond acceptors (Lipinski definition) is 3. The molecule has 5 heteroatoms. The fourth-order valence-electron chi connectivity index (χ4n) is 2.36. The topological polar surface area (TPSA) is 78.4 Å². The van der Waals surface area contributed by atoms with Crippen LogP contribution in [-0.4, -0.2) is 36.6 Å². The van der Waals surface area contributed by atoms with Crippen molar-refractivity contribution in [1.29, 1.82) is 0 Å². The van der Waals surface area contributed by atoms with Crippen molar-refractivity contribution in [2.75, 3.05) is 19.6 Å². The van der Waals surface area contributed by atoms with Crippen molar-refractivity contribution in [3.05, 3.63) is 0 Å². The van der Waals surface area contributed by atoms with Gasteiger partial charge in [0.2, 0.25) is 5.91 Å². The molecule has 3 N–H and O–H groups in total. The van der Waals surface area contributed by atoms with E-state index in [0.717, 1.165) is 6.54 Å². The van der Waals surface area contributed by atoms with E-state index in [1.165, 1.54) is 0 Å². The van der Waals surface area contributed by atoms with Gasteiger partial charge in [-0.1, -0.05) is 20.8 Å². The Balaban J connectivity index is 2.41. The highest BCUT2D eigenvalue weighted by atomic mass is 16.4. The molecule has 3 unspecified atom stereocenters. The number of hydrogen-bond donors (Lipinski definition) is 3. The number of carboxylic acid groups (broad SMARTS) is 1. The van der Waals surface area contributed by atoms with Crippen LogP contribution < -0.4 is 10.6 Å². The minimum atomic E-state index is -0.832. The maximum Gasteiger partial charge on any atom is 0.308 e. The number of rotatable bonds is 6. The monoisotopic (exact) mass is 256 g/mol. The number of aliphatic carboxylic acids is 1. The van der Waals surface area contributed by atoms with Crippen molar-refractivity contribution < 1.29 is 14.7 Å². The summed E-state index contributed by atoms with van der Waals surface area (Å²) in [5.74, 6) is -0.741. The normalized spacial score (nSPS) is 25.1. The number of carbonyl (C=O) groups excluding carboxylic acids is 1. The maximum absolute atomic E-state index is 11.9. The molecule has 0 aliphatic carbocycles. The van der Waals surface area contributed by atoms with Gasteiger partial charge >= 0.3 is 5.97 Å². The van der Waals surface area contributed by atoms with Crippen molar-refractivity contribution in [2.45, 2.75) is 27.2 Å². The summed E-state index contributed by atoms with van der Waals surface area (Å²) in [6.45, 7) is 7.78. The van der Waals surface area contributed by atoms with Gasteiger partial charge in [0, 0.05) is 13.1 Å². The van der Waals surface area contributed by atoms with Gasteiger partial charge in [-0.15, -0.1) is 0 Å². The standard InChI is InChI=1S/C13H24N2O3/c1-8(2)4-10(13(17)18)6-15-12(16)11-7-14-5-9(11)3/h8-11,14H,4-7H2,1-3H3,(H,15,16)(H,17,18). The molecule has 3 atom stereocenters. The third-order valence-corrected chi connectivity index (χ3v) is 3.48. The fraction of sp³-hybridized carbons (Fsp3) is 0.846. The van der Waals surface area contributed by atoms with Crippen LogP contribution in [-0.2, 0) is 9.59 Å². The molecule has 1 fully saturated rings. The summed E-state index contributed by atoms with van der Waals surface area (Å²) in [4.78, 5) is 23.0. The quantitative estimate of drug-likeness (QED) is 0.654. The van der Waals surface area contributed by atoms with Crippen molar-refractivity contribution in [1.82, 2.24) is 10.6 Å². The van der Waals surface area contributed by atoms with E-state index in [4.69, 9.17) is 5.11 Å². The number of amides is 1. The van der Waals surface area contributed by atoms with Gasteiger partial charge in [0.1, 0.15) is 0 Å². The molecule has 1 rings (SSSR count). The Morgan fingerprint density at radius 2 is 2.06 bits per heavy atom. The fourth-order valence-corrected chi connectivity index (χ4v) is 2.36. The van der Waals surface area contributed by atoms with Crippen LogP contribution in [0.3, 0.4) is 0 Å². The predicted octanol–water partition coefficient (Wildman–Crippen LogP) is 0.705. The molecule has 1 saturated heterocycles. The molecule has 0 radical (unpaired) electrons. The Labute approximate surface area is 108 Å². The first-order valence-corrected chi connectivity index (χ1v) is 6.63. The van der Waals surface area contributed by atoms with Crippen LogP contribution in [0.15, 0.2) is 0 Å². The second kappa shape index (κ2) is 6.73. The van der Waals surface area contributed by atoms with Crippen LogP contribution in [0.5, 0.6) is 0 Å². The van der Waals surface area contributed by atoms with Crippen molar-refractivity contribution in [2.24, 2.45) is 23.7 Å². The van der Waals surface area contributed by atoms with E-state index < -0.39 is 11.9 Å². The summed E-state index contributed by atoms with van der Waals surface area (Å²) in [7, 11) is 0. The molecule has 0 saturated carbocycles. The van der Waals surface area contributed by atoms with E-state index in [9.17, 15) is 9.59 Å². The highest BCUT2D eigenvalue weighted by molar-refractivity contribution is 5.80. The van der Waals surface area contributed by atoms with E-state index in [2.05, 4.69) is 10.6 Å². The highest BCUT2D eigenvalue weighted by Gasteiger charge is 2.30. The Bertz CT molecular complexity index is 305. The SMILES string of the molecule is CC(C)CC(CNC(=O)C1CNCC1C)C(=O)O. The number of carboxylic acids is 1. The molecule has 0 bridgehead atoms. The molecule has 5 nitrogen and oxygen atoms in total. The third kappa shape index (κ3) is 4.29. The molecular weight excluding hydrogens is 232 g/mol. The zero-order valence-corrected chi connectivity index (χ0v) is 11.4. The van der Waals surface area contributed by atoms with E-state index >= 15 is 0 Å². The second-order valence-electron chi connectivity index (χ2n) is 5.65. The molecule has 0 spiro atoms. The van der Waals surface area contributed by atoms with E-state index in [0.29, 0.717) is 24.8 Å². The first-order chi connectivity index (χ1) is 8.41. The van der Waals surface area contributed by atoms with Crippen LogP contribution in [0, 0.1) is 23.7 Å². The first-order valence-electron chi connectivity index (χ1n) is 6.63. The zero-order valence-electron chi connectivity index (χ0n) is 11.4. The number of carbonyl (C=O) groups is 2. The van der Waals surface area contributed by atoms with Crippen LogP contribution in [0.1, 0.15) is 27.2 Å². The summed E-state index contributed by atoms with van der Waals surface area (Å²) in [6.07, 6.45) is 0.591. The second-order valence-corrected chi connectivity index (χ2v) is 5.65. The first kappa shape index (κ1) is 15.0. The zero-order chi connectivity index (χ0) is 13.7. The molecule has 0 aromatic heterocycles. The molecule has 0 aromatic rings. The van der Waals surface area contributed by atoms with Gasteiger partial charge in [0.15, 0.2) is 0 Å². The highest BCUT2D eigenvalue weighted by Crippen LogP contribution is 2.16. The van der Waals surface area contributed by atoms with Crippen molar-refractivity contribution in [3.63, 3.8) is 0 Å². The van der Waals surface area contributed by atoms with Gasteiger partial charge in [-0.05, 0) is 24.8 Å². The largest absolute Gasteiger partial charge is 0.481 e. The van der Waals surface area contributed by atoms with E-state index in [1.54, 1.807) is 0 Å². The lowest BCUT2D eigenvalue weighted by Gasteiger charge is -2.18. The third-order valence-electron chi connectivity index (χ3n) is 3.48. The lowest BCUT2D eigenvalue weighted by atomic mass is 9.95. The molecule has 1 aliphatic heterocycles. The molecule has 1 aliphatic rings. The van der Waals surface area contributed by atoms with Crippen LogP contribution in [0.2, 0.25) is 0 Å². The number of nitrogens with one attached hydrogen (secondary N) is 2. The van der Waals surface area contributed by atoms with Gasteiger partial charge in [-0.25, -0.2) is 0 Å². The summed E-state index contributed by atoms with van der Waals surface area (Å²) in [6, 6.07) is 0. The predicted molar refractivity (Wildman–Crippen MR) is 69.1 cm³/mol. The van der Waals surface area contributed by atoms with Crippen molar-refractivity contribution in [3.8, 4) is 0 Å². The Morgan fingerprint density at radius 3 is 2.50 bits per heavy atom. The van der Waals surface area contributed by atoms with E-state index in [-0.39, 0.29) is 18.4 Å². The van der Waals surface area contributed by atoms with Gasteiger partial charge in [-0.3, -0.25) is 9.59 Å². The average molecular weight is 256 g/mol. The van der Waals surface area contributed by atoms with Crippen molar-refractivity contribution >= 4 is 11.9 Å².